The molecule has 0 bridgehead atoms. The molecule has 0 saturated carbocycles. The number of nitrogens with zero attached hydrogens (tertiary/aromatic N) is 2. The molecular formula is C24H19FN4O2S2. The van der Waals surface area contributed by atoms with Crippen molar-refractivity contribution in [3.8, 4) is 0 Å². The van der Waals surface area contributed by atoms with Gasteiger partial charge in [-0.25, -0.2) is 4.39 Å². The van der Waals surface area contributed by atoms with Gasteiger partial charge in [0.2, 0.25) is 11.0 Å². The maximum Gasteiger partial charge on any atom is 0.258 e. The monoisotopic (exact) mass is 478 g/mol. The van der Waals surface area contributed by atoms with Crippen molar-refractivity contribution in [1.82, 2.24) is 10.2 Å². The number of anilines is 2. The van der Waals surface area contributed by atoms with Crippen molar-refractivity contribution in [3.63, 3.8) is 0 Å². The minimum absolute atomic E-state index is 0.0375. The molecule has 0 aliphatic carbocycles. The minimum Gasteiger partial charge on any atom is -0.322 e. The molecule has 1 aromatic heterocycles. The highest BCUT2D eigenvalue weighted by Crippen LogP contribution is 2.37. The lowest BCUT2D eigenvalue weighted by Crippen LogP contribution is -2.19. The fourth-order valence-corrected chi connectivity index (χ4v) is 4.72. The molecule has 2 amide bonds. The normalized spacial score (nSPS) is 11.6. The molecule has 0 spiro atoms. The van der Waals surface area contributed by atoms with Crippen LogP contribution in [0.5, 0.6) is 0 Å². The van der Waals surface area contributed by atoms with Crippen molar-refractivity contribution >= 4 is 45.7 Å². The topological polar surface area (TPSA) is 84.0 Å². The van der Waals surface area contributed by atoms with Crippen LogP contribution in [0.2, 0.25) is 0 Å². The van der Waals surface area contributed by atoms with Gasteiger partial charge in [-0.05, 0) is 42.8 Å². The Labute approximate surface area is 198 Å². The Kier molecular flexibility index (Phi) is 7.11. The first-order chi connectivity index (χ1) is 16.0. The molecule has 4 rings (SSSR count). The minimum atomic E-state index is -0.590. The number of halogens is 1. The smallest absolute Gasteiger partial charge is 0.258 e. The Morgan fingerprint density at radius 1 is 0.939 bits per heavy atom. The average Bonchev–Trinajstić information content (AvgIpc) is 3.23. The number of carbonyl (C=O) groups excluding carboxylic acids is 2. The van der Waals surface area contributed by atoms with E-state index in [2.05, 4.69) is 20.8 Å². The Morgan fingerprint density at radius 2 is 1.70 bits per heavy atom. The zero-order chi connectivity index (χ0) is 23.2. The van der Waals surface area contributed by atoms with Crippen molar-refractivity contribution in [3.05, 3.63) is 101 Å². The van der Waals surface area contributed by atoms with Gasteiger partial charge in [0.25, 0.3) is 5.91 Å². The molecule has 0 aliphatic rings. The van der Waals surface area contributed by atoms with Gasteiger partial charge in [0, 0.05) is 10.6 Å². The zero-order valence-electron chi connectivity index (χ0n) is 17.5. The third-order valence-corrected chi connectivity index (χ3v) is 6.56. The van der Waals surface area contributed by atoms with Crippen LogP contribution in [0.15, 0.2) is 83.8 Å². The SMILES string of the molecule is Cc1nnc(NC(=O)C(Sc2cccc(NC(=O)c3ccccc3F)c2)c2ccccc2)s1. The summed E-state index contributed by atoms with van der Waals surface area (Å²) in [6.45, 7) is 1.82. The lowest BCUT2D eigenvalue weighted by atomic mass is 10.1. The largest absolute Gasteiger partial charge is 0.322 e. The maximum absolute atomic E-state index is 13.9. The molecule has 2 N–H and O–H groups in total. The lowest BCUT2D eigenvalue weighted by Gasteiger charge is -2.16. The lowest BCUT2D eigenvalue weighted by molar-refractivity contribution is -0.115. The van der Waals surface area contributed by atoms with Crippen LogP contribution in [0.4, 0.5) is 15.2 Å². The van der Waals surface area contributed by atoms with Gasteiger partial charge in [-0.1, -0.05) is 59.9 Å². The van der Waals surface area contributed by atoms with E-state index in [4.69, 9.17) is 0 Å². The molecule has 1 atom stereocenters. The van der Waals surface area contributed by atoms with E-state index in [0.717, 1.165) is 15.5 Å². The fraction of sp³-hybridized carbons (Fsp3) is 0.0833. The number of aromatic nitrogens is 2. The van der Waals surface area contributed by atoms with Gasteiger partial charge in [-0.3, -0.25) is 14.9 Å². The summed E-state index contributed by atoms with van der Waals surface area (Å²) in [6.07, 6.45) is 0. The zero-order valence-corrected chi connectivity index (χ0v) is 19.1. The number of aryl methyl sites for hydroxylation is 1. The summed E-state index contributed by atoms with van der Waals surface area (Å²) in [5, 5.41) is 14.1. The summed E-state index contributed by atoms with van der Waals surface area (Å²) in [6, 6.07) is 22.3. The van der Waals surface area contributed by atoms with Crippen LogP contribution in [-0.2, 0) is 4.79 Å². The number of hydrogen-bond acceptors (Lipinski definition) is 6. The highest BCUT2D eigenvalue weighted by molar-refractivity contribution is 8.00. The molecule has 0 fully saturated rings. The van der Waals surface area contributed by atoms with E-state index < -0.39 is 17.0 Å². The molecule has 0 saturated heterocycles. The average molecular weight is 479 g/mol. The van der Waals surface area contributed by atoms with E-state index in [1.54, 1.807) is 24.3 Å². The van der Waals surface area contributed by atoms with E-state index in [-0.39, 0.29) is 11.5 Å². The van der Waals surface area contributed by atoms with Gasteiger partial charge in [0.15, 0.2) is 0 Å². The standard InChI is InChI=1S/C24H19FN4O2S2/c1-15-28-29-24(32-15)27-23(31)21(16-8-3-2-4-9-16)33-18-11-7-10-17(14-18)26-22(30)19-12-5-6-13-20(19)25/h2-14,21H,1H3,(H,26,30)(H,27,29,31). The highest BCUT2D eigenvalue weighted by Gasteiger charge is 2.23. The van der Waals surface area contributed by atoms with Gasteiger partial charge in [-0.15, -0.1) is 22.0 Å². The molecule has 4 aromatic rings. The summed E-state index contributed by atoms with van der Waals surface area (Å²) in [7, 11) is 0. The Hall–Kier alpha value is -3.56. The van der Waals surface area contributed by atoms with E-state index in [1.807, 2.05) is 43.3 Å². The first-order valence-electron chi connectivity index (χ1n) is 9.98. The molecule has 6 nitrogen and oxygen atoms in total. The van der Waals surface area contributed by atoms with Gasteiger partial charge < -0.3 is 5.32 Å². The Morgan fingerprint density at radius 3 is 2.42 bits per heavy atom. The summed E-state index contributed by atoms with van der Waals surface area (Å²) >= 11 is 2.64. The third-order valence-electron chi connectivity index (χ3n) is 4.56. The first kappa shape index (κ1) is 22.6. The summed E-state index contributed by atoms with van der Waals surface area (Å²) in [4.78, 5) is 26.3. The maximum atomic E-state index is 13.9. The fourth-order valence-electron chi connectivity index (χ4n) is 3.05. The van der Waals surface area contributed by atoms with Crippen molar-refractivity contribution in [2.24, 2.45) is 0 Å². The second kappa shape index (κ2) is 10.4. The van der Waals surface area contributed by atoms with E-state index in [0.29, 0.717) is 10.8 Å². The molecule has 1 unspecified atom stereocenters. The van der Waals surface area contributed by atoms with Crippen LogP contribution in [0.3, 0.4) is 0 Å². The summed E-state index contributed by atoms with van der Waals surface area (Å²) in [5.41, 5.74) is 1.28. The van der Waals surface area contributed by atoms with Crippen LogP contribution in [0, 0.1) is 12.7 Å². The second-order valence-corrected chi connectivity index (χ2v) is 9.35. The van der Waals surface area contributed by atoms with E-state index >= 15 is 0 Å². The number of nitrogens with one attached hydrogen (secondary N) is 2. The van der Waals surface area contributed by atoms with Crippen LogP contribution in [-0.4, -0.2) is 22.0 Å². The first-order valence-corrected chi connectivity index (χ1v) is 11.7. The van der Waals surface area contributed by atoms with Gasteiger partial charge in [-0.2, -0.15) is 0 Å². The van der Waals surface area contributed by atoms with Crippen LogP contribution >= 0.6 is 23.1 Å². The van der Waals surface area contributed by atoms with Gasteiger partial charge in [0.1, 0.15) is 16.1 Å². The second-order valence-electron chi connectivity index (χ2n) is 6.99. The number of carbonyl (C=O) groups is 2. The molecule has 1 heterocycles. The number of amides is 2. The van der Waals surface area contributed by atoms with Gasteiger partial charge >= 0.3 is 0 Å². The van der Waals surface area contributed by atoms with E-state index in [9.17, 15) is 14.0 Å². The Bertz CT molecular complexity index is 1280. The molecule has 166 valence electrons. The number of hydrogen-bond donors (Lipinski definition) is 2. The molecule has 33 heavy (non-hydrogen) atoms. The highest BCUT2D eigenvalue weighted by atomic mass is 32.2. The van der Waals surface area contributed by atoms with Crippen LogP contribution in [0.1, 0.15) is 26.2 Å². The van der Waals surface area contributed by atoms with Crippen molar-refractivity contribution in [2.75, 3.05) is 10.6 Å². The molecule has 0 radical (unpaired) electrons. The van der Waals surface area contributed by atoms with Crippen LogP contribution in [0.25, 0.3) is 0 Å². The number of benzene rings is 3. The van der Waals surface area contributed by atoms with Crippen LogP contribution < -0.4 is 10.6 Å². The van der Waals surface area contributed by atoms with Crippen molar-refractivity contribution < 1.29 is 14.0 Å². The number of rotatable bonds is 7. The molecule has 9 heteroatoms. The predicted octanol–water partition coefficient (Wildman–Crippen LogP) is 5.71. The van der Waals surface area contributed by atoms with Crippen molar-refractivity contribution in [2.45, 2.75) is 17.1 Å². The van der Waals surface area contributed by atoms with Crippen molar-refractivity contribution in [1.29, 1.82) is 0 Å². The van der Waals surface area contributed by atoms with E-state index in [1.165, 1.54) is 41.3 Å². The Balaban J connectivity index is 1.54. The molecule has 3 aromatic carbocycles. The molecule has 0 aliphatic heterocycles. The molecular weight excluding hydrogens is 459 g/mol. The predicted molar refractivity (Wildman–Crippen MR) is 129 cm³/mol. The summed E-state index contributed by atoms with van der Waals surface area (Å²) in [5.74, 6) is -1.37. The summed E-state index contributed by atoms with van der Waals surface area (Å²) < 4.78 is 13.9. The van der Waals surface area contributed by atoms with Gasteiger partial charge in [0.05, 0.1) is 5.56 Å². The number of thioether (sulfide) groups is 1. The quantitative estimate of drug-likeness (QED) is 0.333. The third kappa shape index (κ3) is 5.82.